The molecule has 0 unspecified atom stereocenters. The molecule has 1 N–H and O–H groups in total. The van der Waals surface area contributed by atoms with Crippen molar-refractivity contribution in [3.63, 3.8) is 0 Å². The first-order valence-corrected chi connectivity index (χ1v) is 7.21. The van der Waals surface area contributed by atoms with Crippen LogP contribution in [0.15, 0.2) is 29.6 Å². The molecule has 0 atom stereocenters. The van der Waals surface area contributed by atoms with Crippen LogP contribution in [-0.4, -0.2) is 16.7 Å². The third-order valence-electron chi connectivity index (χ3n) is 3.72. The third kappa shape index (κ3) is 2.33. The molecule has 1 aliphatic rings. The second-order valence-corrected chi connectivity index (χ2v) is 6.27. The number of thiazole rings is 1. The Balaban J connectivity index is 1.79. The summed E-state index contributed by atoms with van der Waals surface area (Å²) >= 11 is 1.71. The van der Waals surface area contributed by atoms with Crippen LogP contribution in [0.25, 0.3) is 11.3 Å². The molecule has 1 aliphatic carbocycles. The number of aliphatic hydroxyl groups excluding tert-OH is 1. The van der Waals surface area contributed by atoms with Crippen LogP contribution in [0.2, 0.25) is 0 Å². The van der Waals surface area contributed by atoms with Gasteiger partial charge in [-0.2, -0.15) is 0 Å². The van der Waals surface area contributed by atoms with Crippen LogP contribution in [-0.2, 0) is 6.42 Å². The predicted molar refractivity (Wildman–Crippen MR) is 74.7 cm³/mol. The number of benzene rings is 1. The third-order valence-corrected chi connectivity index (χ3v) is 4.57. The van der Waals surface area contributed by atoms with Gasteiger partial charge in [0.05, 0.1) is 10.7 Å². The topological polar surface area (TPSA) is 33.1 Å². The molecule has 1 aromatic heterocycles. The number of aryl methyl sites for hydroxylation is 1. The van der Waals surface area contributed by atoms with Gasteiger partial charge in [0.25, 0.3) is 0 Å². The number of aliphatic hydroxyl groups is 1. The molecule has 3 rings (SSSR count). The molecule has 18 heavy (non-hydrogen) atoms. The smallest absolute Gasteiger partial charge is 0.0939 e. The largest absolute Gasteiger partial charge is 0.396 e. The van der Waals surface area contributed by atoms with E-state index in [9.17, 15) is 5.11 Å². The van der Waals surface area contributed by atoms with Crippen molar-refractivity contribution in [3.05, 3.63) is 40.2 Å². The highest BCUT2D eigenvalue weighted by molar-refractivity contribution is 7.09. The van der Waals surface area contributed by atoms with Gasteiger partial charge in [0.15, 0.2) is 0 Å². The van der Waals surface area contributed by atoms with E-state index in [1.807, 2.05) is 0 Å². The van der Waals surface area contributed by atoms with Crippen LogP contribution in [0.4, 0.5) is 0 Å². The molecule has 1 fully saturated rings. The molecule has 1 aromatic carbocycles. The van der Waals surface area contributed by atoms with Crippen LogP contribution >= 0.6 is 11.3 Å². The summed E-state index contributed by atoms with van der Waals surface area (Å²) in [7, 11) is 0. The second-order valence-electron chi connectivity index (χ2n) is 5.33. The van der Waals surface area contributed by atoms with Crippen molar-refractivity contribution in [2.75, 3.05) is 6.61 Å². The summed E-state index contributed by atoms with van der Waals surface area (Å²) < 4.78 is 0. The molecular formula is C15H17NOS. The average Bonchev–Trinajstić information content (AvgIpc) is 3.00. The monoisotopic (exact) mass is 259 g/mol. The molecule has 1 saturated carbocycles. The van der Waals surface area contributed by atoms with Gasteiger partial charge in [-0.05, 0) is 25.2 Å². The molecule has 1 heterocycles. The molecule has 0 amide bonds. The fourth-order valence-electron chi connectivity index (χ4n) is 2.14. The summed E-state index contributed by atoms with van der Waals surface area (Å²) in [4.78, 5) is 4.69. The SMILES string of the molecule is Cc1ccc(-c2csc(CC3(CO)CC3)n2)cc1. The quantitative estimate of drug-likeness (QED) is 0.912. The van der Waals surface area contributed by atoms with Crippen molar-refractivity contribution < 1.29 is 5.11 Å². The van der Waals surface area contributed by atoms with Crippen molar-refractivity contribution in [2.45, 2.75) is 26.2 Å². The van der Waals surface area contributed by atoms with Gasteiger partial charge in [-0.1, -0.05) is 29.8 Å². The lowest BCUT2D eigenvalue weighted by molar-refractivity contribution is 0.211. The highest BCUT2D eigenvalue weighted by Gasteiger charge is 2.42. The van der Waals surface area contributed by atoms with Crippen LogP contribution in [0, 0.1) is 12.3 Å². The van der Waals surface area contributed by atoms with E-state index in [1.165, 1.54) is 11.1 Å². The van der Waals surface area contributed by atoms with E-state index in [-0.39, 0.29) is 5.41 Å². The molecule has 0 spiro atoms. The number of hydrogen-bond acceptors (Lipinski definition) is 3. The van der Waals surface area contributed by atoms with Gasteiger partial charge in [-0.3, -0.25) is 0 Å². The Morgan fingerprint density at radius 1 is 1.28 bits per heavy atom. The Morgan fingerprint density at radius 2 is 2.00 bits per heavy atom. The first-order valence-electron chi connectivity index (χ1n) is 6.33. The number of aromatic nitrogens is 1. The number of nitrogens with zero attached hydrogens (tertiary/aromatic N) is 1. The zero-order valence-electron chi connectivity index (χ0n) is 10.5. The lowest BCUT2D eigenvalue weighted by Gasteiger charge is -2.07. The van der Waals surface area contributed by atoms with Crippen molar-refractivity contribution in [2.24, 2.45) is 5.41 Å². The maximum absolute atomic E-state index is 9.35. The van der Waals surface area contributed by atoms with Gasteiger partial charge in [-0.15, -0.1) is 11.3 Å². The minimum absolute atomic E-state index is 0.155. The summed E-state index contributed by atoms with van der Waals surface area (Å²) in [6, 6.07) is 8.47. The summed E-state index contributed by atoms with van der Waals surface area (Å²) in [5.41, 5.74) is 3.66. The molecule has 0 aliphatic heterocycles. The Kier molecular flexibility index (Phi) is 2.96. The lowest BCUT2D eigenvalue weighted by Crippen LogP contribution is -2.09. The van der Waals surface area contributed by atoms with Gasteiger partial charge in [-0.25, -0.2) is 4.98 Å². The van der Waals surface area contributed by atoms with Gasteiger partial charge < -0.3 is 5.11 Å². The maximum Gasteiger partial charge on any atom is 0.0939 e. The van der Waals surface area contributed by atoms with E-state index in [2.05, 4.69) is 36.6 Å². The second kappa shape index (κ2) is 4.48. The Morgan fingerprint density at radius 3 is 2.61 bits per heavy atom. The first-order chi connectivity index (χ1) is 8.71. The van der Waals surface area contributed by atoms with E-state index in [1.54, 1.807) is 11.3 Å². The number of hydrogen-bond donors (Lipinski definition) is 1. The van der Waals surface area contributed by atoms with E-state index in [0.29, 0.717) is 6.61 Å². The van der Waals surface area contributed by atoms with Gasteiger partial charge in [0.1, 0.15) is 0 Å². The molecule has 2 aromatic rings. The van der Waals surface area contributed by atoms with E-state index < -0.39 is 0 Å². The minimum Gasteiger partial charge on any atom is -0.396 e. The molecule has 0 bridgehead atoms. The van der Waals surface area contributed by atoms with Gasteiger partial charge in [0.2, 0.25) is 0 Å². The minimum atomic E-state index is 0.155. The van der Waals surface area contributed by atoms with Crippen LogP contribution < -0.4 is 0 Å². The number of rotatable bonds is 4. The summed E-state index contributed by atoms with van der Waals surface area (Å²) in [6.45, 7) is 2.39. The Hall–Kier alpha value is -1.19. The van der Waals surface area contributed by atoms with E-state index >= 15 is 0 Å². The summed E-state index contributed by atoms with van der Waals surface area (Å²) in [5, 5.41) is 12.6. The fraction of sp³-hybridized carbons (Fsp3) is 0.400. The zero-order chi connectivity index (χ0) is 12.6. The molecule has 0 saturated heterocycles. The lowest BCUT2D eigenvalue weighted by atomic mass is 10.1. The highest BCUT2D eigenvalue weighted by atomic mass is 32.1. The van der Waals surface area contributed by atoms with Crippen molar-refractivity contribution in [3.8, 4) is 11.3 Å². The zero-order valence-corrected chi connectivity index (χ0v) is 11.3. The fourth-order valence-corrected chi connectivity index (χ4v) is 3.11. The molecule has 2 nitrogen and oxygen atoms in total. The predicted octanol–water partition coefficient (Wildman–Crippen LogP) is 3.43. The maximum atomic E-state index is 9.35. The van der Waals surface area contributed by atoms with Crippen molar-refractivity contribution >= 4 is 11.3 Å². The average molecular weight is 259 g/mol. The standard InChI is InChI=1S/C15H17NOS/c1-11-2-4-12(5-3-11)13-9-18-14(16-13)8-15(10-17)6-7-15/h2-5,9,17H,6-8,10H2,1H3. The van der Waals surface area contributed by atoms with Crippen molar-refractivity contribution in [1.29, 1.82) is 0 Å². The van der Waals surface area contributed by atoms with E-state index in [4.69, 9.17) is 4.98 Å². The van der Waals surface area contributed by atoms with Crippen molar-refractivity contribution in [1.82, 2.24) is 4.98 Å². The summed E-state index contributed by atoms with van der Waals surface area (Å²) in [5.74, 6) is 0. The van der Waals surface area contributed by atoms with Crippen LogP contribution in [0.5, 0.6) is 0 Å². The van der Waals surface area contributed by atoms with Gasteiger partial charge >= 0.3 is 0 Å². The Bertz CT molecular complexity index is 540. The highest BCUT2D eigenvalue weighted by Crippen LogP contribution is 2.48. The normalized spacial score (nSPS) is 16.8. The molecule has 0 radical (unpaired) electrons. The first kappa shape index (κ1) is 11.9. The van der Waals surface area contributed by atoms with Gasteiger partial charge in [0, 0.05) is 24.0 Å². The van der Waals surface area contributed by atoms with E-state index in [0.717, 1.165) is 30.0 Å². The summed E-state index contributed by atoms with van der Waals surface area (Å²) in [6.07, 6.45) is 3.21. The molecule has 3 heteroatoms. The van der Waals surface area contributed by atoms with Crippen LogP contribution in [0.3, 0.4) is 0 Å². The molecule has 94 valence electrons. The van der Waals surface area contributed by atoms with Crippen LogP contribution in [0.1, 0.15) is 23.4 Å². The Labute approximate surface area is 111 Å². The molecular weight excluding hydrogens is 242 g/mol.